The van der Waals surface area contributed by atoms with Crippen molar-refractivity contribution in [2.45, 2.75) is 12.5 Å². The molecule has 0 spiro atoms. The zero-order chi connectivity index (χ0) is 13.3. The molecule has 1 atom stereocenters. The molecule has 0 aliphatic rings. The number of aromatic hydroxyl groups is 1. The maximum absolute atomic E-state index is 13.1. The number of aliphatic hydroxyl groups is 1. The number of hydrogen-bond acceptors (Lipinski definition) is 2. The first-order chi connectivity index (χ1) is 8.39. The molecule has 94 valence electrons. The molecule has 0 aliphatic carbocycles. The van der Waals surface area contributed by atoms with Crippen molar-refractivity contribution in [2.24, 2.45) is 0 Å². The maximum Gasteiger partial charge on any atom is 0.126 e. The summed E-state index contributed by atoms with van der Waals surface area (Å²) in [5.74, 6) is -1.44. The Kier molecular flexibility index (Phi) is 3.05. The van der Waals surface area contributed by atoms with Crippen molar-refractivity contribution >= 4 is 0 Å². The van der Waals surface area contributed by atoms with Gasteiger partial charge in [0.2, 0.25) is 0 Å². The second-order valence-corrected chi connectivity index (χ2v) is 4.28. The molecule has 0 amide bonds. The minimum Gasteiger partial charge on any atom is -0.508 e. The average molecular weight is 250 g/mol. The molecule has 0 aromatic heterocycles. The third kappa shape index (κ3) is 2.33. The highest BCUT2D eigenvalue weighted by Crippen LogP contribution is 2.30. The average Bonchev–Trinajstić information content (AvgIpc) is 2.28. The normalized spacial score (nSPS) is 14.2. The van der Waals surface area contributed by atoms with E-state index in [0.29, 0.717) is 5.56 Å². The molecule has 2 aromatic carbocycles. The first-order valence-corrected chi connectivity index (χ1v) is 5.38. The Labute approximate surface area is 103 Å². The molecule has 4 heteroatoms. The SMILES string of the molecule is CC(O)(c1ccc(O)cc1)c1cc(F)cc(F)c1. The van der Waals surface area contributed by atoms with Crippen molar-refractivity contribution in [3.8, 4) is 5.75 Å². The van der Waals surface area contributed by atoms with Gasteiger partial charge < -0.3 is 10.2 Å². The molecule has 2 N–H and O–H groups in total. The van der Waals surface area contributed by atoms with E-state index in [2.05, 4.69) is 0 Å². The molecule has 0 bridgehead atoms. The Morgan fingerprint density at radius 2 is 1.39 bits per heavy atom. The highest BCUT2D eigenvalue weighted by molar-refractivity contribution is 5.38. The maximum atomic E-state index is 13.1. The summed E-state index contributed by atoms with van der Waals surface area (Å²) in [6.45, 7) is 1.44. The topological polar surface area (TPSA) is 40.5 Å². The number of rotatable bonds is 2. The van der Waals surface area contributed by atoms with Crippen molar-refractivity contribution in [2.75, 3.05) is 0 Å². The van der Waals surface area contributed by atoms with Gasteiger partial charge in [0.05, 0.1) is 0 Å². The molecular formula is C14H12F2O2. The zero-order valence-corrected chi connectivity index (χ0v) is 9.69. The van der Waals surface area contributed by atoms with Gasteiger partial charge in [0, 0.05) is 6.07 Å². The predicted octanol–water partition coefficient (Wildman–Crippen LogP) is 2.93. The van der Waals surface area contributed by atoms with Crippen LogP contribution in [0.5, 0.6) is 5.75 Å². The first-order valence-electron chi connectivity index (χ1n) is 5.38. The smallest absolute Gasteiger partial charge is 0.126 e. The van der Waals surface area contributed by atoms with E-state index < -0.39 is 17.2 Å². The Morgan fingerprint density at radius 1 is 0.889 bits per heavy atom. The van der Waals surface area contributed by atoms with E-state index in [0.717, 1.165) is 18.2 Å². The summed E-state index contributed by atoms with van der Waals surface area (Å²) < 4.78 is 26.3. The molecule has 2 aromatic rings. The lowest BCUT2D eigenvalue weighted by atomic mass is 9.88. The Balaban J connectivity index is 2.49. The minimum atomic E-state index is -1.53. The fourth-order valence-corrected chi connectivity index (χ4v) is 1.79. The monoisotopic (exact) mass is 250 g/mol. The second-order valence-electron chi connectivity index (χ2n) is 4.28. The standard InChI is InChI=1S/C14H12F2O2/c1-14(18,9-2-4-13(17)5-3-9)10-6-11(15)8-12(16)7-10/h2-8,17-18H,1H3. The molecule has 0 radical (unpaired) electrons. The number of phenols is 1. The van der Waals surface area contributed by atoms with E-state index in [4.69, 9.17) is 0 Å². The lowest BCUT2D eigenvalue weighted by Gasteiger charge is -2.24. The van der Waals surface area contributed by atoms with Crippen LogP contribution in [0.3, 0.4) is 0 Å². The van der Waals surface area contributed by atoms with Gasteiger partial charge >= 0.3 is 0 Å². The fourth-order valence-electron chi connectivity index (χ4n) is 1.79. The van der Waals surface area contributed by atoms with Crippen molar-refractivity contribution in [3.05, 3.63) is 65.2 Å². The van der Waals surface area contributed by atoms with E-state index in [1.165, 1.54) is 31.2 Å². The second kappa shape index (κ2) is 4.38. The van der Waals surface area contributed by atoms with E-state index in [1.807, 2.05) is 0 Å². The summed E-state index contributed by atoms with van der Waals surface area (Å²) in [6, 6.07) is 8.71. The first kappa shape index (κ1) is 12.5. The molecule has 0 saturated carbocycles. The van der Waals surface area contributed by atoms with Crippen molar-refractivity contribution in [3.63, 3.8) is 0 Å². The molecule has 18 heavy (non-hydrogen) atoms. The van der Waals surface area contributed by atoms with Crippen LogP contribution in [0.1, 0.15) is 18.1 Å². The van der Waals surface area contributed by atoms with Gasteiger partial charge in [0.25, 0.3) is 0 Å². The highest BCUT2D eigenvalue weighted by atomic mass is 19.1. The van der Waals surface area contributed by atoms with Crippen LogP contribution in [-0.2, 0) is 5.60 Å². The molecular weight excluding hydrogens is 238 g/mol. The van der Waals surface area contributed by atoms with Gasteiger partial charge in [-0.2, -0.15) is 0 Å². The summed E-state index contributed by atoms with van der Waals surface area (Å²) in [5.41, 5.74) is -0.979. The van der Waals surface area contributed by atoms with E-state index in [-0.39, 0.29) is 11.3 Å². The Hall–Kier alpha value is -1.94. The summed E-state index contributed by atoms with van der Waals surface area (Å²) in [6.07, 6.45) is 0. The molecule has 1 unspecified atom stereocenters. The molecule has 2 rings (SSSR count). The highest BCUT2D eigenvalue weighted by Gasteiger charge is 2.26. The van der Waals surface area contributed by atoms with E-state index >= 15 is 0 Å². The third-order valence-corrected chi connectivity index (χ3v) is 2.85. The van der Waals surface area contributed by atoms with Crippen LogP contribution in [0.15, 0.2) is 42.5 Å². The fraction of sp³-hybridized carbons (Fsp3) is 0.143. The zero-order valence-electron chi connectivity index (χ0n) is 9.69. The van der Waals surface area contributed by atoms with Gasteiger partial charge in [-0.25, -0.2) is 8.78 Å². The number of halogens is 2. The van der Waals surface area contributed by atoms with Gasteiger partial charge in [0.15, 0.2) is 0 Å². The molecule has 2 nitrogen and oxygen atoms in total. The number of phenolic OH excluding ortho intramolecular Hbond substituents is 1. The van der Waals surface area contributed by atoms with Gasteiger partial charge in [0.1, 0.15) is 23.0 Å². The summed E-state index contributed by atoms with van der Waals surface area (Å²) in [7, 11) is 0. The van der Waals surface area contributed by atoms with Crippen LogP contribution in [0.2, 0.25) is 0 Å². The summed E-state index contributed by atoms with van der Waals surface area (Å²) in [5, 5.41) is 19.6. The summed E-state index contributed by atoms with van der Waals surface area (Å²) >= 11 is 0. The molecule has 0 fully saturated rings. The largest absolute Gasteiger partial charge is 0.508 e. The van der Waals surface area contributed by atoms with Crippen molar-refractivity contribution < 1.29 is 19.0 Å². The van der Waals surface area contributed by atoms with Gasteiger partial charge in [-0.05, 0) is 42.3 Å². The Bertz CT molecular complexity index is 542. The van der Waals surface area contributed by atoms with Crippen LogP contribution in [0, 0.1) is 11.6 Å². The molecule has 0 heterocycles. The lowest BCUT2D eigenvalue weighted by Crippen LogP contribution is -2.23. The third-order valence-electron chi connectivity index (χ3n) is 2.85. The van der Waals surface area contributed by atoms with Crippen molar-refractivity contribution in [1.29, 1.82) is 0 Å². The Morgan fingerprint density at radius 3 is 1.89 bits per heavy atom. The molecule has 0 aliphatic heterocycles. The van der Waals surface area contributed by atoms with Crippen LogP contribution >= 0.6 is 0 Å². The van der Waals surface area contributed by atoms with Gasteiger partial charge in [-0.15, -0.1) is 0 Å². The summed E-state index contributed by atoms with van der Waals surface area (Å²) in [4.78, 5) is 0. The lowest BCUT2D eigenvalue weighted by molar-refractivity contribution is 0.101. The minimum absolute atomic E-state index is 0.0555. The van der Waals surface area contributed by atoms with Crippen LogP contribution in [0.4, 0.5) is 8.78 Å². The molecule has 0 saturated heterocycles. The van der Waals surface area contributed by atoms with Gasteiger partial charge in [-0.3, -0.25) is 0 Å². The van der Waals surface area contributed by atoms with Gasteiger partial charge in [-0.1, -0.05) is 12.1 Å². The van der Waals surface area contributed by atoms with E-state index in [1.54, 1.807) is 0 Å². The van der Waals surface area contributed by atoms with E-state index in [9.17, 15) is 19.0 Å². The quantitative estimate of drug-likeness (QED) is 0.860. The van der Waals surface area contributed by atoms with Crippen LogP contribution < -0.4 is 0 Å². The number of benzene rings is 2. The number of hydrogen-bond donors (Lipinski definition) is 2. The van der Waals surface area contributed by atoms with Crippen LogP contribution in [0.25, 0.3) is 0 Å². The van der Waals surface area contributed by atoms with Crippen LogP contribution in [-0.4, -0.2) is 10.2 Å². The predicted molar refractivity (Wildman–Crippen MR) is 63.1 cm³/mol. The van der Waals surface area contributed by atoms with Crippen molar-refractivity contribution in [1.82, 2.24) is 0 Å².